The molecule has 0 spiro atoms. The largest absolute Gasteiger partial charge is 0.372 e. The maximum atomic E-state index is 5.82. The SMILES string of the molecule is ClCCC1OCCc2c1sc1ccccc21. The summed E-state index contributed by atoms with van der Waals surface area (Å²) in [4.78, 5) is 1.40. The number of alkyl halides is 1. The van der Waals surface area contributed by atoms with E-state index in [2.05, 4.69) is 24.3 Å². The third kappa shape index (κ3) is 1.65. The third-order valence-electron chi connectivity index (χ3n) is 3.06. The van der Waals surface area contributed by atoms with E-state index in [9.17, 15) is 0 Å². The lowest BCUT2D eigenvalue weighted by Gasteiger charge is -2.22. The van der Waals surface area contributed by atoms with Gasteiger partial charge in [-0.2, -0.15) is 0 Å². The molecule has 3 rings (SSSR count). The second-order valence-electron chi connectivity index (χ2n) is 4.03. The predicted octanol–water partition coefficient (Wildman–Crippen LogP) is 4.14. The molecule has 0 radical (unpaired) electrons. The monoisotopic (exact) mass is 252 g/mol. The van der Waals surface area contributed by atoms with Gasteiger partial charge in [0.05, 0.1) is 12.7 Å². The summed E-state index contributed by atoms with van der Waals surface area (Å²) in [6.07, 6.45) is 2.18. The quantitative estimate of drug-likeness (QED) is 0.730. The Balaban J connectivity index is 2.13. The molecule has 2 heterocycles. The normalized spacial score (nSPS) is 19.9. The summed E-state index contributed by atoms with van der Waals surface area (Å²) < 4.78 is 7.17. The number of hydrogen-bond donors (Lipinski definition) is 0. The molecule has 0 saturated heterocycles. The van der Waals surface area contributed by atoms with E-state index in [-0.39, 0.29) is 6.10 Å². The molecule has 1 unspecified atom stereocenters. The molecule has 0 aliphatic carbocycles. The molecule has 0 amide bonds. The van der Waals surface area contributed by atoms with Gasteiger partial charge in [0.2, 0.25) is 0 Å². The Hall–Kier alpha value is -0.570. The van der Waals surface area contributed by atoms with Gasteiger partial charge in [0.1, 0.15) is 0 Å². The average molecular weight is 253 g/mol. The van der Waals surface area contributed by atoms with Crippen LogP contribution in [-0.4, -0.2) is 12.5 Å². The molecule has 0 N–H and O–H groups in total. The maximum absolute atomic E-state index is 5.82. The summed E-state index contributed by atoms with van der Waals surface area (Å²) in [5, 5.41) is 1.41. The van der Waals surface area contributed by atoms with Crippen LogP contribution in [0.5, 0.6) is 0 Å². The minimum atomic E-state index is 0.221. The first-order valence-electron chi connectivity index (χ1n) is 5.58. The number of thiophene rings is 1. The van der Waals surface area contributed by atoms with Crippen molar-refractivity contribution in [3.63, 3.8) is 0 Å². The van der Waals surface area contributed by atoms with Crippen LogP contribution in [0.1, 0.15) is 23.0 Å². The van der Waals surface area contributed by atoms with E-state index in [1.54, 1.807) is 0 Å². The van der Waals surface area contributed by atoms with Crippen molar-refractivity contribution < 1.29 is 4.74 Å². The average Bonchev–Trinajstić information content (AvgIpc) is 2.69. The Morgan fingerprint density at radius 3 is 3.12 bits per heavy atom. The van der Waals surface area contributed by atoms with Crippen LogP contribution in [0.4, 0.5) is 0 Å². The Labute approximate surface area is 104 Å². The third-order valence-corrected chi connectivity index (χ3v) is 4.59. The van der Waals surface area contributed by atoms with Gasteiger partial charge in [0, 0.05) is 15.5 Å². The van der Waals surface area contributed by atoms with E-state index in [1.165, 1.54) is 20.5 Å². The standard InChI is InChI=1S/C13H13ClOS/c14-7-5-11-13-10(6-8-15-11)9-3-1-2-4-12(9)16-13/h1-4,11H,5-8H2. The Kier molecular flexibility index (Phi) is 2.88. The molecule has 0 fully saturated rings. The van der Waals surface area contributed by atoms with Crippen molar-refractivity contribution >= 4 is 33.0 Å². The molecule has 1 aromatic heterocycles. The van der Waals surface area contributed by atoms with Gasteiger partial charge in [0.25, 0.3) is 0 Å². The molecule has 3 heteroatoms. The molecule has 0 bridgehead atoms. The molecule has 84 valence electrons. The van der Waals surface area contributed by atoms with Crippen LogP contribution in [0.3, 0.4) is 0 Å². The van der Waals surface area contributed by atoms with E-state index in [1.807, 2.05) is 11.3 Å². The van der Waals surface area contributed by atoms with Crippen LogP contribution in [0.15, 0.2) is 24.3 Å². The summed E-state index contributed by atoms with van der Waals surface area (Å²) in [7, 11) is 0. The maximum Gasteiger partial charge on any atom is 0.0931 e. The highest BCUT2D eigenvalue weighted by atomic mass is 35.5. The lowest BCUT2D eigenvalue weighted by molar-refractivity contribution is 0.0439. The van der Waals surface area contributed by atoms with Gasteiger partial charge in [0.15, 0.2) is 0 Å². The highest BCUT2D eigenvalue weighted by Crippen LogP contribution is 2.40. The van der Waals surface area contributed by atoms with Crippen molar-refractivity contribution in [1.82, 2.24) is 0 Å². The topological polar surface area (TPSA) is 9.23 Å². The number of halogens is 1. The van der Waals surface area contributed by atoms with Gasteiger partial charge >= 0.3 is 0 Å². The number of hydrogen-bond acceptors (Lipinski definition) is 2. The van der Waals surface area contributed by atoms with E-state index in [0.29, 0.717) is 5.88 Å². The van der Waals surface area contributed by atoms with Crippen LogP contribution in [0.2, 0.25) is 0 Å². The van der Waals surface area contributed by atoms with Gasteiger partial charge in [-0.05, 0) is 29.9 Å². The molecule has 0 saturated carbocycles. The van der Waals surface area contributed by atoms with Crippen molar-refractivity contribution in [1.29, 1.82) is 0 Å². The van der Waals surface area contributed by atoms with Crippen LogP contribution in [-0.2, 0) is 11.2 Å². The van der Waals surface area contributed by atoms with Crippen molar-refractivity contribution in [2.45, 2.75) is 18.9 Å². The van der Waals surface area contributed by atoms with Gasteiger partial charge in [-0.1, -0.05) is 18.2 Å². The summed E-state index contributed by atoms with van der Waals surface area (Å²) in [5.74, 6) is 0.665. The van der Waals surface area contributed by atoms with Crippen LogP contribution < -0.4 is 0 Å². The Morgan fingerprint density at radius 2 is 2.25 bits per heavy atom. The first kappa shape index (κ1) is 10.6. The van der Waals surface area contributed by atoms with Crippen LogP contribution >= 0.6 is 22.9 Å². The summed E-state index contributed by atoms with van der Waals surface area (Å²) >= 11 is 7.69. The zero-order valence-corrected chi connectivity index (χ0v) is 10.5. The van der Waals surface area contributed by atoms with E-state index in [4.69, 9.17) is 16.3 Å². The Bertz CT molecular complexity index is 506. The molecule has 16 heavy (non-hydrogen) atoms. The first-order chi connectivity index (χ1) is 7.90. The van der Waals surface area contributed by atoms with Gasteiger partial charge in [-0.3, -0.25) is 0 Å². The fraction of sp³-hybridized carbons (Fsp3) is 0.385. The molecular weight excluding hydrogens is 240 g/mol. The fourth-order valence-electron chi connectivity index (χ4n) is 2.33. The highest BCUT2D eigenvalue weighted by molar-refractivity contribution is 7.19. The summed E-state index contributed by atoms with van der Waals surface area (Å²) in [6, 6.07) is 8.62. The van der Waals surface area contributed by atoms with Crippen LogP contribution in [0.25, 0.3) is 10.1 Å². The molecule has 1 aliphatic heterocycles. The number of rotatable bonds is 2. The zero-order chi connectivity index (χ0) is 11.0. The van der Waals surface area contributed by atoms with Crippen molar-refractivity contribution in [2.24, 2.45) is 0 Å². The molecule has 2 aromatic rings. The molecule has 1 aromatic carbocycles. The first-order valence-corrected chi connectivity index (χ1v) is 6.93. The van der Waals surface area contributed by atoms with Crippen molar-refractivity contribution in [2.75, 3.05) is 12.5 Å². The molecule has 1 aliphatic rings. The predicted molar refractivity (Wildman–Crippen MR) is 69.6 cm³/mol. The highest BCUT2D eigenvalue weighted by Gasteiger charge is 2.24. The molecule has 1 atom stereocenters. The lowest BCUT2D eigenvalue weighted by atomic mass is 10.0. The summed E-state index contributed by atoms with van der Waals surface area (Å²) in [5.41, 5.74) is 1.49. The number of benzene rings is 1. The van der Waals surface area contributed by atoms with Crippen molar-refractivity contribution in [3.8, 4) is 0 Å². The molecular formula is C13H13ClOS. The zero-order valence-electron chi connectivity index (χ0n) is 8.91. The molecule has 1 nitrogen and oxygen atoms in total. The van der Waals surface area contributed by atoms with Gasteiger partial charge < -0.3 is 4.74 Å². The van der Waals surface area contributed by atoms with E-state index < -0.39 is 0 Å². The number of fused-ring (bicyclic) bond motifs is 3. The van der Waals surface area contributed by atoms with E-state index >= 15 is 0 Å². The van der Waals surface area contributed by atoms with Gasteiger partial charge in [-0.15, -0.1) is 22.9 Å². The second kappa shape index (κ2) is 4.36. The summed E-state index contributed by atoms with van der Waals surface area (Å²) in [6.45, 7) is 0.829. The lowest BCUT2D eigenvalue weighted by Crippen LogP contribution is -2.14. The smallest absolute Gasteiger partial charge is 0.0931 e. The fourth-order valence-corrected chi connectivity index (χ4v) is 3.86. The van der Waals surface area contributed by atoms with Gasteiger partial charge in [-0.25, -0.2) is 0 Å². The van der Waals surface area contributed by atoms with Crippen molar-refractivity contribution in [3.05, 3.63) is 34.7 Å². The second-order valence-corrected chi connectivity index (χ2v) is 5.49. The van der Waals surface area contributed by atoms with Crippen LogP contribution in [0, 0.1) is 0 Å². The Morgan fingerprint density at radius 1 is 1.38 bits per heavy atom. The minimum absolute atomic E-state index is 0.221. The number of ether oxygens (including phenoxy) is 1. The van der Waals surface area contributed by atoms with E-state index in [0.717, 1.165) is 19.4 Å². The minimum Gasteiger partial charge on any atom is -0.372 e.